The number of nitrogens with zero attached hydrogens (tertiary/aromatic N) is 3. The summed E-state index contributed by atoms with van der Waals surface area (Å²) < 4.78 is 45.8. The molecule has 0 spiro atoms. The lowest BCUT2D eigenvalue weighted by Gasteiger charge is -2.10. The smallest absolute Gasteiger partial charge is 0.435 e. The van der Waals surface area contributed by atoms with E-state index in [-0.39, 0.29) is 27.0 Å². The second-order valence-electron chi connectivity index (χ2n) is 5.16. The molecule has 0 aliphatic heterocycles. The van der Waals surface area contributed by atoms with Crippen molar-refractivity contribution in [3.8, 4) is 11.6 Å². The first kappa shape index (κ1) is 16.1. The van der Waals surface area contributed by atoms with Gasteiger partial charge in [0.25, 0.3) is 0 Å². The standard InChI is InChI=1S/C16H6Cl2F3N3O/c17-7-5-10-11(6-8(7)18)23-14(16(19,20)21)13(22-10)15-24-9-3-1-2-4-12(9)25-15/h1-6H. The summed E-state index contributed by atoms with van der Waals surface area (Å²) in [4.78, 5) is 11.8. The monoisotopic (exact) mass is 383 g/mol. The van der Waals surface area contributed by atoms with Crippen molar-refractivity contribution in [1.29, 1.82) is 0 Å². The Morgan fingerprint density at radius 2 is 1.48 bits per heavy atom. The summed E-state index contributed by atoms with van der Waals surface area (Å²) in [6, 6.07) is 9.20. The maximum absolute atomic E-state index is 13.5. The normalized spacial score (nSPS) is 12.2. The number of hydrogen-bond donors (Lipinski definition) is 0. The molecule has 0 atom stereocenters. The van der Waals surface area contributed by atoms with Gasteiger partial charge in [-0.05, 0) is 24.3 Å². The van der Waals surface area contributed by atoms with Crippen LogP contribution in [0.25, 0.3) is 33.7 Å². The third-order valence-electron chi connectivity index (χ3n) is 3.47. The number of halogens is 5. The average Bonchev–Trinajstić information content (AvgIpc) is 2.98. The van der Waals surface area contributed by atoms with Gasteiger partial charge in [0.1, 0.15) is 5.52 Å². The van der Waals surface area contributed by atoms with E-state index in [4.69, 9.17) is 27.6 Å². The van der Waals surface area contributed by atoms with Gasteiger partial charge in [-0.15, -0.1) is 0 Å². The molecule has 0 saturated carbocycles. The second kappa shape index (κ2) is 5.57. The molecular formula is C16H6Cl2F3N3O. The summed E-state index contributed by atoms with van der Waals surface area (Å²) in [6.45, 7) is 0. The number of fused-ring (bicyclic) bond motifs is 2. The van der Waals surface area contributed by atoms with Gasteiger partial charge in [-0.25, -0.2) is 15.0 Å². The Hall–Kier alpha value is -2.38. The van der Waals surface area contributed by atoms with Crippen molar-refractivity contribution in [2.45, 2.75) is 6.18 Å². The van der Waals surface area contributed by atoms with E-state index < -0.39 is 17.6 Å². The molecule has 0 fully saturated rings. The van der Waals surface area contributed by atoms with Crippen molar-refractivity contribution in [1.82, 2.24) is 15.0 Å². The number of rotatable bonds is 1. The third kappa shape index (κ3) is 2.79. The van der Waals surface area contributed by atoms with Crippen LogP contribution in [0.4, 0.5) is 13.2 Å². The van der Waals surface area contributed by atoms with E-state index in [0.29, 0.717) is 11.1 Å². The SMILES string of the molecule is FC(F)(F)c1nc2cc(Cl)c(Cl)cc2nc1-c1nc2ccccc2o1. The predicted molar refractivity (Wildman–Crippen MR) is 87.6 cm³/mol. The summed E-state index contributed by atoms with van der Waals surface area (Å²) in [5.41, 5.74) is -0.816. The van der Waals surface area contributed by atoms with Gasteiger partial charge in [-0.3, -0.25) is 0 Å². The fourth-order valence-corrected chi connectivity index (χ4v) is 2.69. The number of alkyl halides is 3. The average molecular weight is 384 g/mol. The molecular weight excluding hydrogens is 378 g/mol. The molecule has 0 radical (unpaired) electrons. The maximum atomic E-state index is 13.5. The first-order chi connectivity index (χ1) is 11.8. The lowest BCUT2D eigenvalue weighted by molar-refractivity contribution is -0.140. The lowest BCUT2D eigenvalue weighted by atomic mass is 10.2. The molecule has 2 aromatic carbocycles. The van der Waals surface area contributed by atoms with Crippen LogP contribution in [0.15, 0.2) is 40.8 Å². The van der Waals surface area contributed by atoms with E-state index in [1.165, 1.54) is 12.1 Å². The van der Waals surface area contributed by atoms with Crippen molar-refractivity contribution in [2.75, 3.05) is 0 Å². The predicted octanol–water partition coefficient (Wildman–Crippen LogP) is 5.76. The summed E-state index contributed by atoms with van der Waals surface area (Å²) >= 11 is 11.8. The number of benzene rings is 2. The fraction of sp³-hybridized carbons (Fsp3) is 0.0625. The Morgan fingerprint density at radius 3 is 2.12 bits per heavy atom. The van der Waals surface area contributed by atoms with Gasteiger partial charge in [0.05, 0.1) is 21.1 Å². The van der Waals surface area contributed by atoms with Gasteiger partial charge in [0, 0.05) is 0 Å². The highest BCUT2D eigenvalue weighted by Gasteiger charge is 2.38. The molecule has 0 saturated heterocycles. The van der Waals surface area contributed by atoms with Crippen LogP contribution in [0.3, 0.4) is 0 Å². The Balaban J connectivity index is 2.04. The molecule has 126 valence electrons. The number of para-hydroxylation sites is 2. The van der Waals surface area contributed by atoms with Gasteiger partial charge in [-0.2, -0.15) is 13.2 Å². The van der Waals surface area contributed by atoms with Crippen molar-refractivity contribution >= 4 is 45.3 Å². The van der Waals surface area contributed by atoms with Gasteiger partial charge in [0.2, 0.25) is 5.89 Å². The first-order valence-corrected chi connectivity index (χ1v) is 7.68. The Kier molecular flexibility index (Phi) is 3.59. The van der Waals surface area contributed by atoms with E-state index in [1.807, 2.05) is 0 Å². The van der Waals surface area contributed by atoms with Crippen LogP contribution < -0.4 is 0 Å². The molecule has 0 bridgehead atoms. The highest BCUT2D eigenvalue weighted by atomic mass is 35.5. The minimum atomic E-state index is -4.75. The molecule has 4 nitrogen and oxygen atoms in total. The van der Waals surface area contributed by atoms with Crippen molar-refractivity contribution in [3.63, 3.8) is 0 Å². The summed E-state index contributed by atoms with van der Waals surface area (Å²) in [6.07, 6.45) is -4.75. The van der Waals surface area contributed by atoms with Crippen LogP contribution in [0.5, 0.6) is 0 Å². The third-order valence-corrected chi connectivity index (χ3v) is 4.19. The molecule has 4 aromatic rings. The van der Waals surface area contributed by atoms with E-state index in [2.05, 4.69) is 15.0 Å². The molecule has 0 aliphatic carbocycles. The quantitative estimate of drug-likeness (QED) is 0.419. The molecule has 25 heavy (non-hydrogen) atoms. The van der Waals surface area contributed by atoms with E-state index in [1.54, 1.807) is 24.3 Å². The lowest BCUT2D eigenvalue weighted by Crippen LogP contribution is -2.12. The molecule has 9 heteroatoms. The van der Waals surface area contributed by atoms with Gasteiger partial charge in [0.15, 0.2) is 17.0 Å². The Bertz CT molecular complexity index is 1090. The minimum Gasteiger partial charge on any atom is -0.435 e. The van der Waals surface area contributed by atoms with Crippen LogP contribution in [0, 0.1) is 0 Å². The Morgan fingerprint density at radius 1 is 0.840 bits per heavy atom. The maximum Gasteiger partial charge on any atom is 0.435 e. The largest absolute Gasteiger partial charge is 0.435 e. The fourth-order valence-electron chi connectivity index (χ4n) is 2.37. The molecule has 0 unspecified atom stereocenters. The molecule has 2 aromatic heterocycles. The van der Waals surface area contributed by atoms with Crippen LogP contribution in [-0.2, 0) is 6.18 Å². The first-order valence-electron chi connectivity index (χ1n) is 6.93. The zero-order valence-corrected chi connectivity index (χ0v) is 13.6. The summed E-state index contributed by atoms with van der Waals surface area (Å²) in [7, 11) is 0. The summed E-state index contributed by atoms with van der Waals surface area (Å²) in [5, 5.41) is 0.248. The molecule has 0 N–H and O–H groups in total. The number of aromatic nitrogens is 3. The van der Waals surface area contributed by atoms with Crippen LogP contribution >= 0.6 is 23.2 Å². The molecule has 2 heterocycles. The van der Waals surface area contributed by atoms with Gasteiger partial charge < -0.3 is 4.42 Å². The molecule has 4 rings (SSSR count). The van der Waals surface area contributed by atoms with Gasteiger partial charge in [-0.1, -0.05) is 35.3 Å². The minimum absolute atomic E-state index is 0.0263. The zero-order chi connectivity index (χ0) is 17.8. The highest BCUT2D eigenvalue weighted by Crippen LogP contribution is 2.37. The van der Waals surface area contributed by atoms with Crippen molar-refractivity contribution in [3.05, 3.63) is 52.1 Å². The highest BCUT2D eigenvalue weighted by molar-refractivity contribution is 6.42. The molecule has 0 amide bonds. The summed E-state index contributed by atoms with van der Waals surface area (Å²) in [5.74, 6) is -0.269. The molecule has 0 aliphatic rings. The van der Waals surface area contributed by atoms with Crippen LogP contribution in [-0.4, -0.2) is 15.0 Å². The van der Waals surface area contributed by atoms with E-state index in [9.17, 15) is 13.2 Å². The topological polar surface area (TPSA) is 51.8 Å². The second-order valence-corrected chi connectivity index (χ2v) is 5.97. The van der Waals surface area contributed by atoms with E-state index >= 15 is 0 Å². The van der Waals surface area contributed by atoms with Crippen LogP contribution in [0.1, 0.15) is 5.69 Å². The van der Waals surface area contributed by atoms with Crippen molar-refractivity contribution in [2.24, 2.45) is 0 Å². The van der Waals surface area contributed by atoms with Crippen LogP contribution in [0.2, 0.25) is 10.0 Å². The Labute approximate surface area is 148 Å². The van der Waals surface area contributed by atoms with Crippen molar-refractivity contribution < 1.29 is 17.6 Å². The number of hydrogen-bond acceptors (Lipinski definition) is 4. The van der Waals surface area contributed by atoms with E-state index in [0.717, 1.165) is 0 Å². The van der Waals surface area contributed by atoms with Gasteiger partial charge >= 0.3 is 6.18 Å². The zero-order valence-electron chi connectivity index (χ0n) is 12.1. The number of oxazole rings is 1.